The highest BCUT2D eigenvalue weighted by atomic mass is 16.3. The molecular weight excluding hydrogens is 202 g/mol. The van der Waals surface area contributed by atoms with Crippen LogP contribution in [-0.2, 0) is 0 Å². The fourth-order valence-electron chi connectivity index (χ4n) is 3.11. The summed E-state index contributed by atoms with van der Waals surface area (Å²) in [5.41, 5.74) is 5.72. The van der Waals surface area contributed by atoms with E-state index in [2.05, 4.69) is 9.88 Å². The van der Waals surface area contributed by atoms with Gasteiger partial charge in [-0.25, -0.2) is 4.98 Å². The molecule has 4 nitrogen and oxygen atoms in total. The van der Waals surface area contributed by atoms with Crippen LogP contribution in [0, 0.1) is 0 Å². The molecule has 0 radical (unpaired) electrons. The number of aliphatic hydroxyl groups excluding tert-OH is 1. The lowest BCUT2D eigenvalue weighted by Crippen LogP contribution is -2.45. The van der Waals surface area contributed by atoms with E-state index in [-0.39, 0.29) is 6.10 Å². The maximum Gasteiger partial charge on any atom is 0.131 e. The second-order valence-corrected chi connectivity index (χ2v) is 4.84. The van der Waals surface area contributed by atoms with Crippen LogP contribution < -0.4 is 10.6 Å². The molecule has 2 aliphatic heterocycles. The van der Waals surface area contributed by atoms with Gasteiger partial charge in [-0.05, 0) is 37.8 Å². The minimum absolute atomic E-state index is 0.130. The summed E-state index contributed by atoms with van der Waals surface area (Å²) in [6.07, 6.45) is 3.94. The Morgan fingerprint density at radius 3 is 2.56 bits per heavy atom. The zero-order chi connectivity index (χ0) is 11.1. The molecule has 0 spiro atoms. The highest BCUT2D eigenvalue weighted by Gasteiger charge is 2.40. The zero-order valence-corrected chi connectivity index (χ0v) is 9.21. The van der Waals surface area contributed by atoms with E-state index in [4.69, 9.17) is 5.73 Å². The molecule has 0 aliphatic carbocycles. The fourth-order valence-corrected chi connectivity index (χ4v) is 3.11. The van der Waals surface area contributed by atoms with E-state index in [9.17, 15) is 5.11 Å². The first-order valence-electron chi connectivity index (χ1n) is 5.93. The first-order chi connectivity index (χ1) is 7.74. The van der Waals surface area contributed by atoms with Crippen molar-refractivity contribution < 1.29 is 5.11 Å². The number of aromatic nitrogens is 1. The number of nitrogens with two attached hydrogens (primary N) is 1. The lowest BCUT2D eigenvalue weighted by atomic mass is 10.00. The van der Waals surface area contributed by atoms with Gasteiger partial charge >= 0.3 is 0 Å². The topological polar surface area (TPSA) is 62.4 Å². The molecule has 0 aromatic carbocycles. The second kappa shape index (κ2) is 3.63. The molecule has 2 unspecified atom stereocenters. The second-order valence-electron chi connectivity index (χ2n) is 4.84. The summed E-state index contributed by atoms with van der Waals surface area (Å²) < 4.78 is 0. The smallest absolute Gasteiger partial charge is 0.131 e. The molecule has 4 heteroatoms. The summed E-state index contributed by atoms with van der Waals surface area (Å²) in [6, 6.07) is 6.66. The van der Waals surface area contributed by atoms with Gasteiger partial charge in [0.25, 0.3) is 0 Å². The van der Waals surface area contributed by atoms with E-state index in [1.165, 1.54) is 0 Å². The Morgan fingerprint density at radius 1 is 1.25 bits per heavy atom. The number of pyridine rings is 1. The molecule has 2 atom stereocenters. The Hall–Kier alpha value is -1.29. The molecular formula is C12H17N3O. The number of fused-ring (bicyclic) bond motifs is 2. The van der Waals surface area contributed by atoms with Crippen molar-refractivity contribution in [1.29, 1.82) is 0 Å². The minimum Gasteiger partial charge on any atom is -0.393 e. The molecule has 0 saturated carbocycles. The molecule has 3 rings (SSSR count). The van der Waals surface area contributed by atoms with Gasteiger partial charge in [0.05, 0.1) is 6.10 Å². The number of nitrogen functional groups attached to an aromatic ring is 1. The largest absolute Gasteiger partial charge is 0.393 e. The van der Waals surface area contributed by atoms with E-state index in [0.29, 0.717) is 17.9 Å². The summed E-state index contributed by atoms with van der Waals surface area (Å²) in [7, 11) is 0. The van der Waals surface area contributed by atoms with E-state index >= 15 is 0 Å². The Kier molecular flexibility index (Phi) is 2.24. The van der Waals surface area contributed by atoms with Crippen LogP contribution in [0.25, 0.3) is 0 Å². The summed E-state index contributed by atoms with van der Waals surface area (Å²) in [5.74, 6) is 1.54. The normalized spacial score (nSPS) is 33.1. The third-order valence-electron chi connectivity index (χ3n) is 3.73. The number of hydrogen-bond donors (Lipinski definition) is 2. The van der Waals surface area contributed by atoms with Gasteiger partial charge < -0.3 is 15.7 Å². The van der Waals surface area contributed by atoms with Crippen LogP contribution in [0.5, 0.6) is 0 Å². The van der Waals surface area contributed by atoms with Gasteiger partial charge in [-0.2, -0.15) is 0 Å². The van der Waals surface area contributed by atoms with Crippen molar-refractivity contribution in [3.8, 4) is 0 Å². The van der Waals surface area contributed by atoms with Crippen LogP contribution >= 0.6 is 0 Å². The Bertz CT molecular complexity index is 382. The van der Waals surface area contributed by atoms with Crippen LogP contribution in [0.1, 0.15) is 25.7 Å². The van der Waals surface area contributed by atoms with E-state index in [1.54, 1.807) is 0 Å². The quantitative estimate of drug-likeness (QED) is 0.744. The van der Waals surface area contributed by atoms with Crippen LogP contribution in [0.15, 0.2) is 18.2 Å². The molecule has 2 saturated heterocycles. The molecule has 1 aromatic rings. The fraction of sp³-hybridized carbons (Fsp3) is 0.583. The van der Waals surface area contributed by atoms with Crippen LogP contribution in [-0.4, -0.2) is 28.3 Å². The third kappa shape index (κ3) is 1.53. The number of rotatable bonds is 1. The average Bonchev–Trinajstić information content (AvgIpc) is 2.51. The number of hydrogen-bond acceptors (Lipinski definition) is 4. The van der Waals surface area contributed by atoms with E-state index in [1.807, 2.05) is 18.2 Å². The SMILES string of the molecule is Nc1cccc(N2C3CCC2CC(O)C3)n1. The summed E-state index contributed by atoms with van der Waals surface area (Å²) in [5, 5.41) is 9.74. The predicted molar refractivity (Wildman–Crippen MR) is 63.2 cm³/mol. The molecule has 2 fully saturated rings. The van der Waals surface area contributed by atoms with Gasteiger partial charge in [-0.15, -0.1) is 0 Å². The van der Waals surface area contributed by atoms with E-state index < -0.39 is 0 Å². The summed E-state index contributed by atoms with van der Waals surface area (Å²) >= 11 is 0. The van der Waals surface area contributed by atoms with Crippen molar-refractivity contribution in [3.63, 3.8) is 0 Å². The maximum atomic E-state index is 9.74. The molecule has 3 N–H and O–H groups in total. The third-order valence-corrected chi connectivity index (χ3v) is 3.73. The zero-order valence-electron chi connectivity index (χ0n) is 9.21. The van der Waals surface area contributed by atoms with Crippen molar-refractivity contribution >= 4 is 11.6 Å². The van der Waals surface area contributed by atoms with Crippen molar-refractivity contribution in [2.24, 2.45) is 0 Å². The summed E-state index contributed by atoms with van der Waals surface area (Å²) in [4.78, 5) is 6.74. The van der Waals surface area contributed by atoms with Gasteiger partial charge in [-0.3, -0.25) is 0 Å². The number of piperidine rings is 1. The van der Waals surface area contributed by atoms with Crippen LogP contribution in [0.3, 0.4) is 0 Å². The molecule has 1 aromatic heterocycles. The van der Waals surface area contributed by atoms with Crippen LogP contribution in [0.2, 0.25) is 0 Å². The molecule has 0 amide bonds. The molecule has 3 heterocycles. The van der Waals surface area contributed by atoms with Gasteiger partial charge in [0, 0.05) is 12.1 Å². The Labute approximate surface area is 95.1 Å². The predicted octanol–water partition coefficient (Wildman–Crippen LogP) is 1.16. The lowest BCUT2D eigenvalue weighted by Gasteiger charge is -2.38. The molecule has 2 aliphatic rings. The van der Waals surface area contributed by atoms with Crippen molar-refractivity contribution in [2.75, 3.05) is 10.6 Å². The lowest BCUT2D eigenvalue weighted by molar-refractivity contribution is 0.126. The van der Waals surface area contributed by atoms with Gasteiger partial charge in [0.1, 0.15) is 11.6 Å². The first kappa shape index (κ1) is 9.90. The number of anilines is 2. The van der Waals surface area contributed by atoms with Gasteiger partial charge in [0.15, 0.2) is 0 Å². The standard InChI is InChI=1S/C12H17N3O/c13-11-2-1-3-12(14-11)15-8-4-5-9(15)7-10(16)6-8/h1-3,8-10,16H,4-7H2,(H2,13,14). The first-order valence-corrected chi connectivity index (χ1v) is 5.93. The molecule has 16 heavy (non-hydrogen) atoms. The average molecular weight is 219 g/mol. The van der Waals surface area contributed by atoms with Gasteiger partial charge in [-0.1, -0.05) is 6.07 Å². The highest BCUT2D eigenvalue weighted by Crippen LogP contribution is 2.38. The molecule has 2 bridgehead atoms. The highest BCUT2D eigenvalue weighted by molar-refractivity contribution is 5.48. The Balaban J connectivity index is 1.91. The number of nitrogens with zero attached hydrogens (tertiary/aromatic N) is 2. The van der Waals surface area contributed by atoms with Gasteiger partial charge in [0.2, 0.25) is 0 Å². The van der Waals surface area contributed by atoms with Crippen LogP contribution in [0.4, 0.5) is 11.6 Å². The Morgan fingerprint density at radius 2 is 1.94 bits per heavy atom. The van der Waals surface area contributed by atoms with Crippen molar-refractivity contribution in [2.45, 2.75) is 43.9 Å². The maximum absolute atomic E-state index is 9.74. The molecule has 86 valence electrons. The number of aliphatic hydroxyl groups is 1. The monoisotopic (exact) mass is 219 g/mol. The minimum atomic E-state index is -0.130. The van der Waals surface area contributed by atoms with E-state index in [0.717, 1.165) is 31.5 Å². The van der Waals surface area contributed by atoms with Crippen molar-refractivity contribution in [3.05, 3.63) is 18.2 Å². The summed E-state index contributed by atoms with van der Waals surface area (Å²) in [6.45, 7) is 0. The van der Waals surface area contributed by atoms with Crippen molar-refractivity contribution in [1.82, 2.24) is 4.98 Å².